The lowest BCUT2D eigenvalue weighted by atomic mass is 9.93. The Balaban J connectivity index is 1.71. The van der Waals surface area contributed by atoms with E-state index in [1.807, 2.05) is 42.5 Å². The fourth-order valence-electron chi connectivity index (χ4n) is 3.93. The van der Waals surface area contributed by atoms with E-state index in [0.29, 0.717) is 5.56 Å². The summed E-state index contributed by atoms with van der Waals surface area (Å²) in [6, 6.07) is 23.8. The molecule has 5 heteroatoms. The van der Waals surface area contributed by atoms with E-state index < -0.39 is 11.7 Å². The van der Waals surface area contributed by atoms with Gasteiger partial charge in [0.1, 0.15) is 0 Å². The maximum absolute atomic E-state index is 13.3. The molecule has 150 valence electrons. The topological polar surface area (TPSA) is 15.3 Å². The molecule has 2 nitrogen and oxygen atoms in total. The largest absolute Gasteiger partial charge is 0.416 e. The minimum absolute atomic E-state index is 0.204. The number of alkyl halides is 3. The highest BCUT2D eigenvalue weighted by Gasteiger charge is 2.32. The average Bonchev–Trinajstić information content (AvgIpc) is 2.76. The molecule has 1 atom stereocenters. The van der Waals surface area contributed by atoms with E-state index >= 15 is 0 Å². The summed E-state index contributed by atoms with van der Waals surface area (Å²) in [4.78, 5) is 2.25. The van der Waals surface area contributed by atoms with Crippen LogP contribution in [0.4, 0.5) is 13.2 Å². The van der Waals surface area contributed by atoms with Crippen molar-refractivity contribution in [1.82, 2.24) is 10.2 Å². The molecule has 29 heavy (non-hydrogen) atoms. The maximum Gasteiger partial charge on any atom is 0.416 e. The van der Waals surface area contributed by atoms with Crippen LogP contribution in [0.3, 0.4) is 0 Å². The van der Waals surface area contributed by atoms with Crippen LogP contribution in [0.15, 0.2) is 78.9 Å². The van der Waals surface area contributed by atoms with Gasteiger partial charge in [0.15, 0.2) is 0 Å². The van der Waals surface area contributed by atoms with Gasteiger partial charge in [0.2, 0.25) is 0 Å². The van der Waals surface area contributed by atoms with Crippen molar-refractivity contribution < 1.29 is 13.2 Å². The molecule has 0 bridgehead atoms. The van der Waals surface area contributed by atoms with Crippen molar-refractivity contribution in [2.45, 2.75) is 12.2 Å². The van der Waals surface area contributed by atoms with Gasteiger partial charge in [-0.05, 0) is 34.4 Å². The number of hydrogen-bond acceptors (Lipinski definition) is 2. The highest BCUT2D eigenvalue weighted by molar-refractivity contribution is 5.63. The molecule has 0 aliphatic carbocycles. The predicted molar refractivity (Wildman–Crippen MR) is 110 cm³/mol. The van der Waals surface area contributed by atoms with Crippen LogP contribution in [0.2, 0.25) is 0 Å². The smallest absolute Gasteiger partial charge is 0.314 e. The molecule has 3 aromatic carbocycles. The number of piperazine rings is 1. The molecule has 1 aliphatic heterocycles. The molecule has 1 saturated heterocycles. The molecule has 0 spiro atoms. The van der Waals surface area contributed by atoms with Crippen molar-refractivity contribution in [2.24, 2.45) is 0 Å². The van der Waals surface area contributed by atoms with Crippen LogP contribution < -0.4 is 5.32 Å². The van der Waals surface area contributed by atoms with Crippen LogP contribution in [0, 0.1) is 0 Å². The zero-order chi connectivity index (χ0) is 20.3. The van der Waals surface area contributed by atoms with Crippen molar-refractivity contribution in [1.29, 1.82) is 0 Å². The Kier molecular flexibility index (Phi) is 5.69. The van der Waals surface area contributed by atoms with Crippen molar-refractivity contribution in [3.63, 3.8) is 0 Å². The Bertz CT molecular complexity index is 930. The third-order valence-corrected chi connectivity index (χ3v) is 5.38. The first kappa shape index (κ1) is 19.7. The summed E-state index contributed by atoms with van der Waals surface area (Å²) in [7, 11) is 0. The standard InChI is InChI=1S/C24H23F3N2/c25-24(26,27)22-8-4-7-21(17-22)23(29-15-13-28-14-16-29)20-11-9-19(10-12-20)18-5-2-1-3-6-18/h1-12,17,23,28H,13-16H2. The predicted octanol–water partition coefficient (Wildman–Crippen LogP) is 5.37. The van der Waals surface area contributed by atoms with E-state index in [1.54, 1.807) is 6.07 Å². The second kappa shape index (κ2) is 8.39. The van der Waals surface area contributed by atoms with Crippen LogP contribution in [0.1, 0.15) is 22.7 Å². The monoisotopic (exact) mass is 396 g/mol. The minimum Gasteiger partial charge on any atom is -0.314 e. The van der Waals surface area contributed by atoms with Gasteiger partial charge in [-0.25, -0.2) is 0 Å². The molecule has 1 fully saturated rings. The first-order valence-corrected chi connectivity index (χ1v) is 9.80. The number of hydrogen-bond donors (Lipinski definition) is 1. The van der Waals surface area contributed by atoms with E-state index in [2.05, 4.69) is 22.3 Å². The Morgan fingerprint density at radius 3 is 2.03 bits per heavy atom. The molecule has 3 aromatic rings. The minimum atomic E-state index is -4.35. The van der Waals surface area contributed by atoms with E-state index in [-0.39, 0.29) is 6.04 Å². The third-order valence-electron chi connectivity index (χ3n) is 5.38. The molecule has 1 aliphatic rings. The lowest BCUT2D eigenvalue weighted by molar-refractivity contribution is -0.137. The summed E-state index contributed by atoms with van der Waals surface area (Å²) in [5.41, 5.74) is 3.30. The first-order chi connectivity index (χ1) is 14.0. The Labute approximate surface area is 169 Å². The number of halogens is 3. The fraction of sp³-hybridized carbons (Fsp3) is 0.250. The number of rotatable bonds is 4. The molecule has 0 saturated carbocycles. The van der Waals surface area contributed by atoms with E-state index in [0.717, 1.165) is 48.9 Å². The highest BCUT2D eigenvalue weighted by atomic mass is 19.4. The van der Waals surface area contributed by atoms with Crippen LogP contribution in [0.25, 0.3) is 11.1 Å². The first-order valence-electron chi connectivity index (χ1n) is 9.80. The van der Waals surface area contributed by atoms with Crippen molar-refractivity contribution >= 4 is 0 Å². The number of nitrogens with one attached hydrogen (secondary N) is 1. The second-order valence-electron chi connectivity index (χ2n) is 7.30. The summed E-state index contributed by atoms with van der Waals surface area (Å²) in [6.45, 7) is 3.25. The molecule has 0 aromatic heterocycles. The van der Waals surface area contributed by atoms with Crippen LogP contribution in [0.5, 0.6) is 0 Å². The molecule has 4 rings (SSSR count). The maximum atomic E-state index is 13.3. The lowest BCUT2D eigenvalue weighted by Gasteiger charge is -2.36. The van der Waals surface area contributed by atoms with Crippen molar-refractivity contribution in [3.8, 4) is 11.1 Å². The van der Waals surface area contributed by atoms with E-state index in [4.69, 9.17) is 0 Å². The Morgan fingerprint density at radius 2 is 1.38 bits per heavy atom. The van der Waals surface area contributed by atoms with Gasteiger partial charge in [0, 0.05) is 26.2 Å². The van der Waals surface area contributed by atoms with Crippen LogP contribution in [-0.2, 0) is 6.18 Å². The molecular weight excluding hydrogens is 373 g/mol. The molecule has 1 N–H and O–H groups in total. The summed E-state index contributed by atoms with van der Waals surface area (Å²) < 4.78 is 39.9. The van der Waals surface area contributed by atoms with Gasteiger partial charge in [0.25, 0.3) is 0 Å². The lowest BCUT2D eigenvalue weighted by Crippen LogP contribution is -2.45. The summed E-state index contributed by atoms with van der Waals surface area (Å²) in [5, 5.41) is 3.32. The van der Waals surface area contributed by atoms with Gasteiger partial charge >= 0.3 is 6.18 Å². The summed E-state index contributed by atoms with van der Waals surface area (Å²) >= 11 is 0. The van der Waals surface area contributed by atoms with Crippen molar-refractivity contribution in [2.75, 3.05) is 26.2 Å². The zero-order valence-electron chi connectivity index (χ0n) is 16.0. The normalized spacial score (nSPS) is 16.5. The van der Waals surface area contributed by atoms with Gasteiger partial charge < -0.3 is 5.32 Å². The van der Waals surface area contributed by atoms with Gasteiger partial charge in [-0.3, -0.25) is 4.90 Å². The van der Waals surface area contributed by atoms with Gasteiger partial charge in [-0.15, -0.1) is 0 Å². The molecule has 1 heterocycles. The van der Waals surface area contributed by atoms with E-state index in [1.165, 1.54) is 12.1 Å². The van der Waals surface area contributed by atoms with Gasteiger partial charge in [-0.2, -0.15) is 13.2 Å². The third kappa shape index (κ3) is 4.52. The fourth-order valence-corrected chi connectivity index (χ4v) is 3.93. The summed E-state index contributed by atoms with van der Waals surface area (Å²) in [5.74, 6) is 0. The molecular formula is C24H23F3N2. The molecule has 0 amide bonds. The van der Waals surface area contributed by atoms with Gasteiger partial charge in [0.05, 0.1) is 11.6 Å². The SMILES string of the molecule is FC(F)(F)c1cccc(C(c2ccc(-c3ccccc3)cc2)N2CCNCC2)c1. The quantitative estimate of drug-likeness (QED) is 0.638. The molecule has 1 unspecified atom stereocenters. The van der Waals surface area contributed by atoms with Crippen LogP contribution >= 0.6 is 0 Å². The zero-order valence-corrected chi connectivity index (χ0v) is 16.0. The number of nitrogens with zero attached hydrogens (tertiary/aromatic N) is 1. The Morgan fingerprint density at radius 1 is 0.724 bits per heavy atom. The second-order valence-corrected chi connectivity index (χ2v) is 7.30. The number of benzene rings is 3. The molecule has 0 radical (unpaired) electrons. The van der Waals surface area contributed by atoms with Gasteiger partial charge in [-0.1, -0.05) is 66.7 Å². The average molecular weight is 396 g/mol. The van der Waals surface area contributed by atoms with Crippen LogP contribution in [-0.4, -0.2) is 31.1 Å². The van der Waals surface area contributed by atoms with Crippen molar-refractivity contribution in [3.05, 3.63) is 95.6 Å². The summed E-state index contributed by atoms with van der Waals surface area (Å²) in [6.07, 6.45) is -4.35. The highest BCUT2D eigenvalue weighted by Crippen LogP contribution is 2.35. The Hall–Kier alpha value is -2.63. The van der Waals surface area contributed by atoms with E-state index in [9.17, 15) is 13.2 Å².